The standard InChI is InChI=1S/C23H22N2O2/c1-17-21(24)11-6-12-22(17)25-23(26)14-13-18-9-5-10-20(15-18)27-16-19-7-3-2-4-8-19/h2-15H,16,24H2,1H3,(H,25,26)/b14-13+. The quantitative estimate of drug-likeness (QED) is 0.491. The molecule has 3 aromatic rings. The number of hydrogen-bond donors (Lipinski definition) is 2. The maximum Gasteiger partial charge on any atom is 0.248 e. The molecule has 136 valence electrons. The zero-order chi connectivity index (χ0) is 19.1. The van der Waals surface area contributed by atoms with Crippen LogP contribution in [0.4, 0.5) is 11.4 Å². The molecule has 0 unspecified atom stereocenters. The minimum atomic E-state index is -0.209. The number of carbonyl (C=O) groups excluding carboxylic acids is 1. The Morgan fingerprint density at radius 1 is 1.04 bits per heavy atom. The number of benzene rings is 3. The fourth-order valence-electron chi connectivity index (χ4n) is 2.58. The predicted molar refractivity (Wildman–Crippen MR) is 110 cm³/mol. The van der Waals surface area contributed by atoms with E-state index in [1.54, 1.807) is 6.08 Å². The monoisotopic (exact) mass is 358 g/mol. The molecule has 0 aliphatic carbocycles. The highest BCUT2D eigenvalue weighted by Crippen LogP contribution is 2.20. The van der Waals surface area contributed by atoms with Crippen molar-refractivity contribution in [2.75, 3.05) is 11.1 Å². The van der Waals surface area contributed by atoms with Crippen molar-refractivity contribution in [3.05, 3.63) is 95.6 Å². The Labute approximate surface area is 159 Å². The number of hydrogen-bond acceptors (Lipinski definition) is 3. The van der Waals surface area contributed by atoms with E-state index >= 15 is 0 Å². The second kappa shape index (κ2) is 8.72. The van der Waals surface area contributed by atoms with Crippen molar-refractivity contribution in [1.82, 2.24) is 0 Å². The number of anilines is 2. The van der Waals surface area contributed by atoms with Gasteiger partial charge in [0.15, 0.2) is 0 Å². The van der Waals surface area contributed by atoms with E-state index in [0.29, 0.717) is 18.0 Å². The van der Waals surface area contributed by atoms with Gasteiger partial charge < -0.3 is 15.8 Å². The number of amides is 1. The first-order valence-electron chi connectivity index (χ1n) is 8.73. The van der Waals surface area contributed by atoms with Crippen LogP contribution in [0.1, 0.15) is 16.7 Å². The van der Waals surface area contributed by atoms with Crippen molar-refractivity contribution in [3.8, 4) is 5.75 Å². The van der Waals surface area contributed by atoms with E-state index in [1.807, 2.05) is 79.7 Å². The molecule has 3 rings (SSSR count). The van der Waals surface area contributed by atoms with Crippen LogP contribution in [-0.2, 0) is 11.4 Å². The number of nitrogens with one attached hydrogen (secondary N) is 1. The van der Waals surface area contributed by atoms with Crippen molar-refractivity contribution in [2.24, 2.45) is 0 Å². The Bertz CT molecular complexity index is 950. The third-order valence-electron chi connectivity index (χ3n) is 4.17. The largest absolute Gasteiger partial charge is 0.489 e. The molecule has 3 aromatic carbocycles. The lowest BCUT2D eigenvalue weighted by Gasteiger charge is -2.08. The summed E-state index contributed by atoms with van der Waals surface area (Å²) in [6.45, 7) is 2.38. The molecule has 0 aromatic heterocycles. The van der Waals surface area contributed by atoms with Gasteiger partial charge in [0.25, 0.3) is 0 Å². The van der Waals surface area contributed by atoms with Crippen LogP contribution in [0.2, 0.25) is 0 Å². The van der Waals surface area contributed by atoms with Gasteiger partial charge in [-0.05, 0) is 54.0 Å². The van der Waals surface area contributed by atoms with Crippen molar-refractivity contribution >= 4 is 23.4 Å². The van der Waals surface area contributed by atoms with Crippen LogP contribution in [0, 0.1) is 6.92 Å². The first-order chi connectivity index (χ1) is 13.1. The first kappa shape index (κ1) is 18.3. The van der Waals surface area contributed by atoms with Gasteiger partial charge in [0.2, 0.25) is 5.91 Å². The molecule has 0 heterocycles. The number of nitrogens with two attached hydrogens (primary N) is 1. The second-order valence-corrected chi connectivity index (χ2v) is 6.19. The summed E-state index contributed by atoms with van der Waals surface area (Å²) in [7, 11) is 0. The molecular weight excluding hydrogens is 336 g/mol. The van der Waals surface area contributed by atoms with Gasteiger partial charge >= 0.3 is 0 Å². The van der Waals surface area contributed by atoms with Gasteiger partial charge in [-0.3, -0.25) is 4.79 Å². The molecule has 0 atom stereocenters. The minimum Gasteiger partial charge on any atom is -0.489 e. The van der Waals surface area contributed by atoms with Crippen LogP contribution in [0.25, 0.3) is 6.08 Å². The van der Waals surface area contributed by atoms with E-state index in [1.165, 1.54) is 6.08 Å². The zero-order valence-corrected chi connectivity index (χ0v) is 15.2. The third kappa shape index (κ3) is 5.22. The van der Waals surface area contributed by atoms with Crippen molar-refractivity contribution in [1.29, 1.82) is 0 Å². The van der Waals surface area contributed by atoms with E-state index in [4.69, 9.17) is 10.5 Å². The van der Waals surface area contributed by atoms with Gasteiger partial charge in [-0.1, -0.05) is 48.5 Å². The van der Waals surface area contributed by atoms with Gasteiger partial charge in [-0.25, -0.2) is 0 Å². The third-order valence-corrected chi connectivity index (χ3v) is 4.17. The summed E-state index contributed by atoms with van der Waals surface area (Å²) in [5.74, 6) is 0.549. The van der Waals surface area contributed by atoms with Gasteiger partial charge in [-0.2, -0.15) is 0 Å². The van der Waals surface area contributed by atoms with E-state index in [-0.39, 0.29) is 5.91 Å². The number of rotatable bonds is 6. The van der Waals surface area contributed by atoms with E-state index < -0.39 is 0 Å². The highest BCUT2D eigenvalue weighted by Gasteiger charge is 2.04. The lowest BCUT2D eigenvalue weighted by atomic mass is 10.1. The van der Waals surface area contributed by atoms with Crippen LogP contribution in [0.5, 0.6) is 5.75 Å². The maximum atomic E-state index is 12.2. The van der Waals surface area contributed by atoms with E-state index in [0.717, 1.165) is 22.4 Å². The molecule has 4 nitrogen and oxygen atoms in total. The van der Waals surface area contributed by atoms with Crippen LogP contribution < -0.4 is 15.8 Å². The summed E-state index contributed by atoms with van der Waals surface area (Å²) < 4.78 is 5.82. The van der Waals surface area contributed by atoms with Gasteiger partial charge in [0.1, 0.15) is 12.4 Å². The van der Waals surface area contributed by atoms with Gasteiger partial charge in [0.05, 0.1) is 0 Å². The topological polar surface area (TPSA) is 64.3 Å². The molecule has 0 saturated heterocycles. The van der Waals surface area contributed by atoms with E-state index in [2.05, 4.69) is 5.32 Å². The summed E-state index contributed by atoms with van der Waals surface area (Å²) in [6.07, 6.45) is 3.26. The van der Waals surface area contributed by atoms with Crippen LogP contribution in [0.3, 0.4) is 0 Å². The van der Waals surface area contributed by atoms with Crippen molar-refractivity contribution in [3.63, 3.8) is 0 Å². The molecule has 27 heavy (non-hydrogen) atoms. The lowest BCUT2D eigenvalue weighted by molar-refractivity contribution is -0.111. The zero-order valence-electron chi connectivity index (χ0n) is 15.2. The van der Waals surface area contributed by atoms with Crippen LogP contribution in [-0.4, -0.2) is 5.91 Å². The van der Waals surface area contributed by atoms with Crippen molar-refractivity contribution < 1.29 is 9.53 Å². The summed E-state index contributed by atoms with van der Waals surface area (Å²) in [6, 6.07) is 23.1. The maximum absolute atomic E-state index is 12.2. The number of ether oxygens (including phenoxy) is 1. The average molecular weight is 358 g/mol. The molecule has 0 spiro atoms. The molecule has 0 saturated carbocycles. The Morgan fingerprint density at radius 3 is 2.63 bits per heavy atom. The molecule has 1 amide bonds. The highest BCUT2D eigenvalue weighted by molar-refractivity contribution is 6.02. The van der Waals surface area contributed by atoms with Gasteiger partial charge in [0, 0.05) is 17.5 Å². The molecule has 0 radical (unpaired) electrons. The Balaban J connectivity index is 1.61. The predicted octanol–water partition coefficient (Wildman–Crippen LogP) is 4.81. The normalized spacial score (nSPS) is 10.7. The molecular formula is C23H22N2O2. The van der Waals surface area contributed by atoms with E-state index in [9.17, 15) is 4.79 Å². The Morgan fingerprint density at radius 2 is 1.81 bits per heavy atom. The molecule has 3 N–H and O–H groups in total. The molecule has 4 heteroatoms. The average Bonchev–Trinajstić information content (AvgIpc) is 2.69. The Kier molecular flexibility index (Phi) is 5.90. The van der Waals surface area contributed by atoms with Crippen LogP contribution in [0.15, 0.2) is 78.9 Å². The molecule has 0 fully saturated rings. The highest BCUT2D eigenvalue weighted by atomic mass is 16.5. The fourth-order valence-corrected chi connectivity index (χ4v) is 2.58. The lowest BCUT2D eigenvalue weighted by Crippen LogP contribution is -2.09. The molecule has 0 aliphatic rings. The second-order valence-electron chi connectivity index (χ2n) is 6.19. The summed E-state index contributed by atoms with van der Waals surface area (Å²) in [4.78, 5) is 12.2. The molecule has 0 bridgehead atoms. The summed E-state index contributed by atoms with van der Waals surface area (Å²) in [5.41, 5.74) is 10.1. The van der Waals surface area contributed by atoms with Crippen molar-refractivity contribution in [2.45, 2.75) is 13.5 Å². The van der Waals surface area contributed by atoms with Gasteiger partial charge in [-0.15, -0.1) is 0 Å². The summed E-state index contributed by atoms with van der Waals surface area (Å²) in [5, 5.41) is 2.85. The smallest absolute Gasteiger partial charge is 0.248 e. The number of nitrogen functional groups attached to an aromatic ring is 1. The molecule has 0 aliphatic heterocycles. The Hall–Kier alpha value is -3.53. The van der Waals surface area contributed by atoms with Crippen LogP contribution >= 0.6 is 0 Å². The fraction of sp³-hybridized carbons (Fsp3) is 0.0870. The minimum absolute atomic E-state index is 0.209. The SMILES string of the molecule is Cc1c(N)cccc1NC(=O)/C=C/c1cccc(OCc2ccccc2)c1. The summed E-state index contributed by atoms with van der Waals surface area (Å²) >= 11 is 0. The first-order valence-corrected chi connectivity index (χ1v) is 8.73. The number of carbonyl (C=O) groups is 1.